The molecule has 0 amide bonds. The number of nitrogens with zero attached hydrogens (tertiary/aromatic N) is 2. The van der Waals surface area contributed by atoms with E-state index >= 15 is 4.39 Å². The Hall–Kier alpha value is -2.75. The number of imidazole rings is 1. The predicted octanol–water partition coefficient (Wildman–Crippen LogP) is 3.55. The zero-order chi connectivity index (χ0) is 24.3. The molecule has 5 rings (SSSR count). The van der Waals surface area contributed by atoms with E-state index in [1.807, 2.05) is 38.3 Å². The molecule has 1 atom stereocenters. The van der Waals surface area contributed by atoms with E-state index in [1.54, 1.807) is 24.3 Å². The quantitative estimate of drug-likeness (QED) is 0.560. The Morgan fingerprint density at radius 2 is 1.88 bits per heavy atom. The second kappa shape index (κ2) is 8.18. The second-order valence-electron chi connectivity index (χ2n) is 10.0. The Morgan fingerprint density at radius 1 is 1.18 bits per heavy atom. The van der Waals surface area contributed by atoms with E-state index in [9.17, 15) is 9.90 Å². The summed E-state index contributed by atoms with van der Waals surface area (Å²) in [6.45, 7) is 9.04. The summed E-state index contributed by atoms with van der Waals surface area (Å²) >= 11 is 0. The summed E-state index contributed by atoms with van der Waals surface area (Å²) in [5.41, 5.74) is 1.66. The SMILES string of the molecule is CC1(C)OB(c2ccc(Cc3nc4ccc(C(=O)O)cc4n3CC3CCO3)cc2F)OC1(C)C. The lowest BCUT2D eigenvalue weighted by atomic mass is 9.78. The first-order valence-electron chi connectivity index (χ1n) is 11.5. The van der Waals surface area contributed by atoms with Gasteiger partial charge in [-0.05, 0) is 63.9 Å². The molecule has 3 aromatic rings. The molecule has 2 aliphatic rings. The number of aromatic carboxylic acids is 1. The molecule has 1 aromatic heterocycles. The van der Waals surface area contributed by atoms with Crippen molar-refractivity contribution in [3.63, 3.8) is 0 Å². The maximum absolute atomic E-state index is 15.2. The van der Waals surface area contributed by atoms with Crippen molar-refractivity contribution in [2.24, 2.45) is 0 Å². The molecule has 9 heteroatoms. The molecule has 0 spiro atoms. The van der Waals surface area contributed by atoms with Crippen LogP contribution in [-0.2, 0) is 27.0 Å². The number of carboxylic acids is 1. The first-order valence-corrected chi connectivity index (χ1v) is 11.5. The van der Waals surface area contributed by atoms with Crippen LogP contribution in [0.2, 0.25) is 0 Å². The van der Waals surface area contributed by atoms with Gasteiger partial charge >= 0.3 is 13.1 Å². The minimum absolute atomic E-state index is 0.0621. The van der Waals surface area contributed by atoms with Gasteiger partial charge in [0, 0.05) is 18.5 Å². The molecule has 0 saturated carbocycles. The summed E-state index contributed by atoms with van der Waals surface area (Å²) in [5.74, 6) is -0.651. The van der Waals surface area contributed by atoms with Gasteiger partial charge in [0.1, 0.15) is 11.6 Å². The predicted molar refractivity (Wildman–Crippen MR) is 126 cm³/mol. The van der Waals surface area contributed by atoms with Crippen LogP contribution in [0.25, 0.3) is 11.0 Å². The fraction of sp³-hybridized carbons (Fsp3) is 0.440. The van der Waals surface area contributed by atoms with Crippen LogP contribution in [0.4, 0.5) is 4.39 Å². The number of fused-ring (bicyclic) bond motifs is 1. The average molecular weight is 466 g/mol. The van der Waals surface area contributed by atoms with Crippen LogP contribution in [0.15, 0.2) is 36.4 Å². The second-order valence-corrected chi connectivity index (χ2v) is 10.0. The minimum Gasteiger partial charge on any atom is -0.478 e. The third-order valence-electron chi connectivity index (χ3n) is 7.19. The molecule has 1 N–H and O–H groups in total. The summed E-state index contributed by atoms with van der Waals surface area (Å²) < 4.78 is 34.8. The molecule has 0 aliphatic carbocycles. The lowest BCUT2D eigenvalue weighted by molar-refractivity contribution is -0.0589. The van der Waals surface area contributed by atoms with Gasteiger partial charge in [-0.1, -0.05) is 12.1 Å². The minimum atomic E-state index is -0.989. The van der Waals surface area contributed by atoms with Crippen molar-refractivity contribution >= 4 is 29.6 Å². The molecule has 2 fully saturated rings. The average Bonchev–Trinajstić information content (AvgIpc) is 3.16. The Labute approximate surface area is 198 Å². The molecule has 2 aromatic carbocycles. The van der Waals surface area contributed by atoms with Crippen LogP contribution in [0.1, 0.15) is 55.9 Å². The fourth-order valence-corrected chi connectivity index (χ4v) is 4.30. The first kappa shape index (κ1) is 23.0. The van der Waals surface area contributed by atoms with Crippen molar-refractivity contribution in [3.05, 3.63) is 59.2 Å². The molecule has 0 bridgehead atoms. The standard InChI is InChI=1S/C25H28BFN2O5/c1-24(2)25(3,4)34-26(33-24)18-7-5-15(11-19(18)27)12-22-28-20-8-6-16(23(30)31)13-21(20)29(22)14-17-9-10-32-17/h5-8,11,13,17H,9-10,12,14H2,1-4H3,(H,30,31). The highest BCUT2D eigenvalue weighted by atomic mass is 19.1. The van der Waals surface area contributed by atoms with E-state index in [-0.39, 0.29) is 11.7 Å². The topological polar surface area (TPSA) is 82.8 Å². The molecule has 7 nitrogen and oxygen atoms in total. The highest BCUT2D eigenvalue weighted by molar-refractivity contribution is 6.62. The summed E-state index contributed by atoms with van der Waals surface area (Å²) in [4.78, 5) is 16.2. The van der Waals surface area contributed by atoms with Crippen molar-refractivity contribution < 1.29 is 28.3 Å². The van der Waals surface area contributed by atoms with Crippen molar-refractivity contribution in [2.75, 3.05) is 6.61 Å². The Balaban J connectivity index is 1.45. The number of halogens is 1. The Bertz CT molecular complexity index is 1250. The molecule has 2 aliphatic heterocycles. The van der Waals surface area contributed by atoms with Gasteiger partial charge in [-0.15, -0.1) is 0 Å². The van der Waals surface area contributed by atoms with Crippen LogP contribution in [0.5, 0.6) is 0 Å². The van der Waals surface area contributed by atoms with Crippen LogP contribution < -0.4 is 5.46 Å². The van der Waals surface area contributed by atoms with E-state index in [4.69, 9.17) is 19.0 Å². The number of carbonyl (C=O) groups is 1. The van der Waals surface area contributed by atoms with Gasteiger partial charge < -0.3 is 23.7 Å². The summed E-state index contributed by atoms with van der Waals surface area (Å²) in [5, 5.41) is 9.41. The number of aromatic nitrogens is 2. The van der Waals surface area contributed by atoms with E-state index in [0.29, 0.717) is 23.9 Å². The monoisotopic (exact) mass is 466 g/mol. The molecular weight excluding hydrogens is 438 g/mol. The van der Waals surface area contributed by atoms with Crippen molar-refractivity contribution in [1.29, 1.82) is 0 Å². The summed E-state index contributed by atoms with van der Waals surface area (Å²) in [6, 6.07) is 9.95. The van der Waals surface area contributed by atoms with Crippen LogP contribution in [0, 0.1) is 5.82 Å². The molecule has 34 heavy (non-hydrogen) atoms. The number of carboxylic acid groups (broad SMARTS) is 1. The van der Waals surface area contributed by atoms with E-state index in [1.165, 1.54) is 6.07 Å². The van der Waals surface area contributed by atoms with E-state index in [2.05, 4.69) is 0 Å². The van der Waals surface area contributed by atoms with Crippen LogP contribution in [0.3, 0.4) is 0 Å². The lowest BCUT2D eigenvalue weighted by Gasteiger charge is -2.32. The molecule has 2 saturated heterocycles. The number of ether oxygens (including phenoxy) is 1. The smallest absolute Gasteiger partial charge is 0.478 e. The maximum atomic E-state index is 15.2. The third-order valence-corrected chi connectivity index (χ3v) is 7.19. The van der Waals surface area contributed by atoms with Crippen LogP contribution >= 0.6 is 0 Å². The largest absolute Gasteiger partial charge is 0.497 e. The number of benzene rings is 2. The Kier molecular flexibility index (Phi) is 5.54. The highest BCUT2D eigenvalue weighted by Crippen LogP contribution is 2.36. The maximum Gasteiger partial charge on any atom is 0.497 e. The molecule has 3 heterocycles. The van der Waals surface area contributed by atoms with Gasteiger partial charge in [-0.25, -0.2) is 14.2 Å². The van der Waals surface area contributed by atoms with Gasteiger partial charge in [0.15, 0.2) is 0 Å². The summed E-state index contributed by atoms with van der Waals surface area (Å²) in [7, 11) is -0.770. The fourth-order valence-electron chi connectivity index (χ4n) is 4.30. The third kappa shape index (κ3) is 4.02. The highest BCUT2D eigenvalue weighted by Gasteiger charge is 2.52. The number of rotatable bonds is 6. The summed E-state index contributed by atoms with van der Waals surface area (Å²) in [6.07, 6.45) is 1.40. The lowest BCUT2D eigenvalue weighted by Crippen LogP contribution is -2.41. The number of hydrogen-bond acceptors (Lipinski definition) is 5. The van der Waals surface area contributed by atoms with Gasteiger partial charge in [-0.3, -0.25) is 0 Å². The van der Waals surface area contributed by atoms with E-state index < -0.39 is 30.1 Å². The van der Waals surface area contributed by atoms with E-state index in [0.717, 1.165) is 29.9 Å². The van der Waals surface area contributed by atoms with Crippen LogP contribution in [-0.4, -0.2) is 51.7 Å². The normalized spacial score (nSPS) is 21.1. The zero-order valence-corrected chi connectivity index (χ0v) is 19.8. The van der Waals surface area contributed by atoms with Crippen molar-refractivity contribution in [2.45, 2.75) is 64.4 Å². The van der Waals surface area contributed by atoms with Gasteiger partial charge in [0.05, 0.1) is 40.4 Å². The van der Waals surface area contributed by atoms with Crippen molar-refractivity contribution in [1.82, 2.24) is 9.55 Å². The number of hydrogen-bond donors (Lipinski definition) is 1. The molecular formula is C25H28BFN2O5. The molecule has 1 unspecified atom stereocenters. The van der Waals surface area contributed by atoms with Gasteiger partial charge in [0.25, 0.3) is 0 Å². The van der Waals surface area contributed by atoms with Gasteiger partial charge in [-0.2, -0.15) is 0 Å². The Morgan fingerprint density at radius 3 is 2.47 bits per heavy atom. The molecule has 178 valence electrons. The zero-order valence-electron chi connectivity index (χ0n) is 19.8. The van der Waals surface area contributed by atoms with Gasteiger partial charge in [0.2, 0.25) is 0 Å². The van der Waals surface area contributed by atoms with Crippen molar-refractivity contribution in [3.8, 4) is 0 Å². The first-order chi connectivity index (χ1) is 16.0. The molecule has 0 radical (unpaired) electrons.